The lowest BCUT2D eigenvalue weighted by atomic mass is 10.0. The molecule has 0 saturated carbocycles. The van der Waals surface area contributed by atoms with Gasteiger partial charge in [0, 0.05) is 17.0 Å². The highest BCUT2D eigenvalue weighted by atomic mass is 32.2. The molecule has 7 nitrogen and oxygen atoms in total. The van der Waals surface area contributed by atoms with Gasteiger partial charge in [-0.25, -0.2) is 8.42 Å². The maximum atomic E-state index is 9.08. The molecule has 0 aliphatic rings. The second-order valence-corrected chi connectivity index (χ2v) is 8.20. The van der Waals surface area contributed by atoms with Crippen LogP contribution in [0.1, 0.15) is 0 Å². The molecule has 4 aromatic rings. The average molecular weight is 429 g/mol. The Labute approximate surface area is 175 Å². The fraction of sp³-hybridized carbons (Fsp3) is 0.227. The van der Waals surface area contributed by atoms with Crippen LogP contribution in [-0.2, 0) is 17.2 Å². The minimum atomic E-state index is -3.92. The molecule has 0 aliphatic carbocycles. The number of aromatic nitrogens is 1. The predicted octanol–water partition coefficient (Wildman–Crippen LogP) is 3.16. The van der Waals surface area contributed by atoms with E-state index in [0.29, 0.717) is 6.26 Å². The van der Waals surface area contributed by atoms with Crippen LogP contribution in [0.3, 0.4) is 0 Å². The maximum absolute atomic E-state index is 9.08. The van der Waals surface area contributed by atoms with Gasteiger partial charge in [-0.05, 0) is 41.8 Å². The monoisotopic (exact) mass is 429 g/mol. The first kappa shape index (κ1) is 21.6. The molecule has 30 heavy (non-hydrogen) atoms. The summed E-state index contributed by atoms with van der Waals surface area (Å²) >= 11 is 0. The number of hydrogen-bond donors (Lipinski definition) is 0. The number of fused-ring (bicyclic) bond motifs is 5. The van der Waals surface area contributed by atoms with Gasteiger partial charge in [0.25, 0.3) is 0 Å². The van der Waals surface area contributed by atoms with Crippen LogP contribution >= 0.6 is 0 Å². The van der Waals surface area contributed by atoms with Crippen molar-refractivity contribution in [3.8, 4) is 17.2 Å². The summed E-state index contributed by atoms with van der Waals surface area (Å²) in [7, 11) is 3.17. The first-order chi connectivity index (χ1) is 14.2. The highest BCUT2D eigenvalue weighted by molar-refractivity contribution is 7.84. The Morgan fingerprint density at radius 1 is 0.800 bits per heavy atom. The number of ether oxygens (including phenoxy) is 3. The van der Waals surface area contributed by atoms with E-state index in [1.54, 1.807) is 21.3 Å². The van der Waals surface area contributed by atoms with Gasteiger partial charge in [0.15, 0.2) is 17.7 Å². The van der Waals surface area contributed by atoms with Gasteiger partial charge >= 0.3 is 0 Å². The van der Waals surface area contributed by atoms with E-state index in [-0.39, 0.29) is 0 Å². The van der Waals surface area contributed by atoms with Gasteiger partial charge in [-0.1, -0.05) is 6.07 Å². The van der Waals surface area contributed by atoms with Gasteiger partial charge in [-0.3, -0.25) is 0 Å². The van der Waals surface area contributed by atoms with Crippen molar-refractivity contribution in [2.45, 2.75) is 0 Å². The number of hydrogen-bond acceptors (Lipinski definition) is 6. The van der Waals surface area contributed by atoms with Crippen LogP contribution in [0.4, 0.5) is 0 Å². The molecule has 1 aromatic heterocycles. The number of aryl methyl sites for hydroxylation is 1. The van der Waals surface area contributed by atoms with E-state index in [1.807, 2.05) is 18.2 Å². The van der Waals surface area contributed by atoms with Gasteiger partial charge in [0.1, 0.15) is 12.8 Å². The van der Waals surface area contributed by atoms with Crippen molar-refractivity contribution >= 4 is 42.6 Å². The summed E-state index contributed by atoms with van der Waals surface area (Å²) in [4.78, 5) is 0. The summed E-state index contributed by atoms with van der Waals surface area (Å²) in [5.41, 5.74) is 1.15. The molecule has 0 saturated heterocycles. The SMILES string of the molecule is COc1ccc2c[n+](C)c3c4cc(OC)c(OC)cc4ccc3c2c1.CS(=O)(=O)[O-]. The Hall–Kier alpha value is -3.10. The van der Waals surface area contributed by atoms with Crippen LogP contribution in [0.2, 0.25) is 0 Å². The van der Waals surface area contributed by atoms with Gasteiger partial charge in [-0.2, -0.15) is 4.57 Å². The fourth-order valence-corrected chi connectivity index (χ4v) is 3.51. The zero-order valence-electron chi connectivity index (χ0n) is 17.4. The highest BCUT2D eigenvalue weighted by Crippen LogP contribution is 2.36. The van der Waals surface area contributed by atoms with E-state index in [9.17, 15) is 0 Å². The van der Waals surface area contributed by atoms with E-state index in [1.165, 1.54) is 16.2 Å². The van der Waals surface area contributed by atoms with Crippen molar-refractivity contribution in [2.24, 2.45) is 7.05 Å². The van der Waals surface area contributed by atoms with E-state index in [0.717, 1.165) is 33.5 Å². The van der Waals surface area contributed by atoms with Gasteiger partial charge in [0.05, 0.1) is 42.2 Å². The predicted molar refractivity (Wildman–Crippen MR) is 115 cm³/mol. The third kappa shape index (κ3) is 4.39. The van der Waals surface area contributed by atoms with Crippen LogP contribution < -0.4 is 18.8 Å². The molecular formula is C22H23NO6S. The average Bonchev–Trinajstić information content (AvgIpc) is 2.70. The quantitative estimate of drug-likeness (QED) is 0.282. The zero-order valence-corrected chi connectivity index (χ0v) is 18.2. The highest BCUT2D eigenvalue weighted by Gasteiger charge is 2.17. The Balaban J connectivity index is 0.000000461. The van der Waals surface area contributed by atoms with E-state index in [2.05, 4.69) is 42.1 Å². The molecule has 0 atom stereocenters. The molecular weight excluding hydrogens is 406 g/mol. The third-order valence-corrected chi connectivity index (χ3v) is 4.73. The zero-order chi connectivity index (χ0) is 22.1. The number of pyridine rings is 1. The number of methoxy groups -OCH3 is 3. The van der Waals surface area contributed by atoms with Gasteiger partial charge in [-0.15, -0.1) is 0 Å². The van der Waals surface area contributed by atoms with Crippen molar-refractivity contribution in [2.75, 3.05) is 27.6 Å². The standard InChI is InChI=1S/C21H20NO3.CH4O3S/c1-22-12-14-5-7-15(23-2)10-17(14)16-8-6-13-9-19(24-3)20(25-4)11-18(13)21(16)22;1-5(2,3)4/h5-12H,1-4H3;1H3,(H,2,3,4)/q+1;/p-1. The second-order valence-electron chi connectivity index (χ2n) is 6.79. The van der Waals surface area contributed by atoms with E-state index in [4.69, 9.17) is 27.2 Å². The van der Waals surface area contributed by atoms with Crippen molar-refractivity contribution in [1.82, 2.24) is 0 Å². The molecule has 3 aromatic carbocycles. The first-order valence-corrected chi connectivity index (χ1v) is 10.8. The smallest absolute Gasteiger partial charge is 0.220 e. The van der Waals surface area contributed by atoms with Gasteiger partial charge in [0.2, 0.25) is 5.52 Å². The molecule has 0 bridgehead atoms. The summed E-state index contributed by atoms with van der Waals surface area (Å²) in [6, 6.07) is 14.5. The van der Waals surface area contributed by atoms with E-state index < -0.39 is 10.1 Å². The van der Waals surface area contributed by atoms with Crippen molar-refractivity contribution < 1.29 is 31.7 Å². The molecule has 0 N–H and O–H groups in total. The van der Waals surface area contributed by atoms with Crippen LogP contribution in [0.5, 0.6) is 17.2 Å². The summed E-state index contributed by atoms with van der Waals surface area (Å²) in [5.74, 6) is 2.32. The number of rotatable bonds is 3. The lowest BCUT2D eigenvalue weighted by Gasteiger charge is -2.11. The molecule has 0 spiro atoms. The maximum Gasteiger partial charge on any atom is 0.220 e. The van der Waals surface area contributed by atoms with Gasteiger partial charge < -0.3 is 18.8 Å². The largest absolute Gasteiger partial charge is 0.748 e. The Morgan fingerprint density at radius 2 is 1.40 bits per heavy atom. The second kappa shape index (κ2) is 8.33. The fourth-order valence-electron chi connectivity index (χ4n) is 3.51. The molecule has 0 fully saturated rings. The van der Waals surface area contributed by atoms with Crippen molar-refractivity contribution in [1.29, 1.82) is 0 Å². The molecule has 158 valence electrons. The van der Waals surface area contributed by atoms with E-state index >= 15 is 0 Å². The van der Waals surface area contributed by atoms with Crippen LogP contribution in [0, 0.1) is 0 Å². The first-order valence-electron chi connectivity index (χ1n) is 9.02. The summed E-state index contributed by atoms with van der Waals surface area (Å²) < 4.78 is 45.7. The van der Waals surface area contributed by atoms with Crippen molar-refractivity contribution in [3.05, 3.63) is 48.7 Å². The molecule has 1 heterocycles. The summed E-state index contributed by atoms with van der Waals surface area (Å²) in [6.45, 7) is 0. The lowest BCUT2D eigenvalue weighted by Crippen LogP contribution is -2.28. The normalized spacial score (nSPS) is 11.3. The number of nitrogens with zero attached hydrogens (tertiary/aromatic N) is 1. The Morgan fingerprint density at radius 3 is 2.00 bits per heavy atom. The summed E-state index contributed by atoms with van der Waals surface area (Å²) in [5, 5.41) is 5.77. The molecule has 0 amide bonds. The lowest BCUT2D eigenvalue weighted by molar-refractivity contribution is -0.642. The minimum absolute atomic E-state index is 0.604. The Kier molecular flexibility index (Phi) is 6.00. The molecule has 0 unspecified atom stereocenters. The molecule has 0 radical (unpaired) electrons. The summed E-state index contributed by atoms with van der Waals surface area (Å²) in [6.07, 6.45) is 2.75. The van der Waals surface area contributed by atoms with Crippen LogP contribution in [-0.4, -0.2) is 40.6 Å². The van der Waals surface area contributed by atoms with Crippen LogP contribution in [0.15, 0.2) is 48.7 Å². The minimum Gasteiger partial charge on any atom is -0.748 e. The molecule has 0 aliphatic heterocycles. The Bertz CT molecular complexity index is 1340. The van der Waals surface area contributed by atoms with Crippen molar-refractivity contribution in [3.63, 3.8) is 0 Å². The topological polar surface area (TPSA) is 88.8 Å². The van der Waals surface area contributed by atoms with Crippen LogP contribution in [0.25, 0.3) is 32.4 Å². The molecule has 8 heteroatoms. The molecule has 4 rings (SSSR count). The third-order valence-electron chi connectivity index (χ3n) is 4.73. The number of benzene rings is 3.